The van der Waals surface area contributed by atoms with Crippen LogP contribution in [-0.2, 0) is 19.1 Å². The van der Waals surface area contributed by atoms with E-state index < -0.39 is 18.1 Å². The molecule has 0 saturated carbocycles. The minimum absolute atomic E-state index is 0.0352. The summed E-state index contributed by atoms with van der Waals surface area (Å²) in [5, 5.41) is 2.40. The minimum atomic E-state index is -0.678. The zero-order valence-electron chi connectivity index (χ0n) is 10.1. The number of rotatable bonds is 5. The van der Waals surface area contributed by atoms with Crippen molar-refractivity contribution in [1.82, 2.24) is 5.32 Å². The van der Waals surface area contributed by atoms with Gasteiger partial charge in [0.2, 0.25) is 5.12 Å². The van der Waals surface area contributed by atoms with E-state index in [4.69, 9.17) is 9.47 Å². The molecule has 0 aliphatic carbocycles. The highest BCUT2D eigenvalue weighted by Crippen LogP contribution is 2.19. The van der Waals surface area contributed by atoms with Crippen molar-refractivity contribution in [1.29, 1.82) is 0 Å². The molecule has 0 spiro atoms. The number of amides is 1. The Morgan fingerprint density at radius 3 is 2.67 bits per heavy atom. The molecule has 1 fully saturated rings. The van der Waals surface area contributed by atoms with Gasteiger partial charge in [-0.25, -0.2) is 9.59 Å². The standard InChI is InChI=1S/C11H15NO5S/c1-7(2)9(13)16-4-5-17-11(15)12-8-3-6-18-10(8)14/h8H,1,3-6H2,2H3,(H,12,15). The number of nitrogens with one attached hydrogen (secondary N) is 1. The van der Waals surface area contributed by atoms with Crippen LogP contribution in [0.25, 0.3) is 0 Å². The Balaban J connectivity index is 2.12. The van der Waals surface area contributed by atoms with Gasteiger partial charge in [-0.1, -0.05) is 18.3 Å². The van der Waals surface area contributed by atoms with Crippen LogP contribution in [0.3, 0.4) is 0 Å². The van der Waals surface area contributed by atoms with Crippen LogP contribution in [-0.4, -0.2) is 42.2 Å². The largest absolute Gasteiger partial charge is 0.459 e. The maximum absolute atomic E-state index is 11.3. The van der Waals surface area contributed by atoms with Gasteiger partial charge >= 0.3 is 12.1 Å². The Morgan fingerprint density at radius 1 is 1.44 bits per heavy atom. The molecule has 0 aromatic carbocycles. The van der Waals surface area contributed by atoms with E-state index in [0.29, 0.717) is 12.2 Å². The topological polar surface area (TPSA) is 81.7 Å². The maximum Gasteiger partial charge on any atom is 0.407 e. The van der Waals surface area contributed by atoms with E-state index in [1.54, 1.807) is 0 Å². The Morgan fingerprint density at radius 2 is 2.11 bits per heavy atom. The highest BCUT2D eigenvalue weighted by atomic mass is 32.2. The Labute approximate surface area is 109 Å². The number of hydrogen-bond acceptors (Lipinski definition) is 6. The maximum atomic E-state index is 11.3. The van der Waals surface area contributed by atoms with Crippen molar-refractivity contribution in [2.75, 3.05) is 19.0 Å². The molecule has 1 aliphatic rings. The summed E-state index contributed by atoms with van der Waals surface area (Å²) in [5.74, 6) is 0.182. The van der Waals surface area contributed by atoms with Crippen LogP contribution in [0.1, 0.15) is 13.3 Å². The first-order valence-electron chi connectivity index (χ1n) is 5.43. The predicted molar refractivity (Wildman–Crippen MR) is 66.1 cm³/mol. The number of alkyl carbamates (subject to hydrolysis) is 1. The van der Waals surface area contributed by atoms with Crippen molar-refractivity contribution in [2.45, 2.75) is 19.4 Å². The van der Waals surface area contributed by atoms with E-state index >= 15 is 0 Å². The van der Waals surface area contributed by atoms with Crippen LogP contribution in [0.5, 0.6) is 0 Å². The number of carbonyl (C=O) groups excluding carboxylic acids is 3. The summed E-state index contributed by atoms with van der Waals surface area (Å²) < 4.78 is 9.49. The van der Waals surface area contributed by atoms with Crippen LogP contribution >= 0.6 is 11.8 Å². The van der Waals surface area contributed by atoms with Crippen molar-refractivity contribution in [3.8, 4) is 0 Å². The van der Waals surface area contributed by atoms with E-state index in [9.17, 15) is 14.4 Å². The first kappa shape index (κ1) is 14.6. The summed E-state index contributed by atoms with van der Waals surface area (Å²) in [5.41, 5.74) is 0.285. The molecule has 1 rings (SSSR count). The van der Waals surface area contributed by atoms with Gasteiger partial charge in [0.15, 0.2) is 0 Å². The number of thioether (sulfide) groups is 1. The normalized spacial score (nSPS) is 18.3. The SMILES string of the molecule is C=C(C)C(=O)OCCOC(=O)NC1CCSC1=O. The molecule has 1 heterocycles. The second-order valence-corrected chi connectivity index (χ2v) is 4.80. The first-order valence-corrected chi connectivity index (χ1v) is 6.42. The lowest BCUT2D eigenvalue weighted by Crippen LogP contribution is -2.38. The predicted octanol–water partition coefficient (Wildman–Crippen LogP) is 0.864. The zero-order chi connectivity index (χ0) is 13.5. The second-order valence-electron chi connectivity index (χ2n) is 3.71. The van der Waals surface area contributed by atoms with Crippen LogP contribution in [0.15, 0.2) is 12.2 Å². The van der Waals surface area contributed by atoms with E-state index in [-0.39, 0.29) is 23.9 Å². The molecule has 7 heteroatoms. The molecule has 0 aromatic heterocycles. The van der Waals surface area contributed by atoms with Gasteiger partial charge in [-0.15, -0.1) is 0 Å². The summed E-state index contributed by atoms with van der Waals surface area (Å²) in [6.07, 6.45) is -0.0642. The highest BCUT2D eigenvalue weighted by Gasteiger charge is 2.27. The summed E-state index contributed by atoms with van der Waals surface area (Å²) in [6.45, 7) is 4.85. The highest BCUT2D eigenvalue weighted by molar-refractivity contribution is 8.14. The molecule has 0 bridgehead atoms. The monoisotopic (exact) mass is 273 g/mol. The molecule has 0 aromatic rings. The molecule has 18 heavy (non-hydrogen) atoms. The van der Waals surface area contributed by atoms with Crippen LogP contribution in [0.4, 0.5) is 4.79 Å². The minimum Gasteiger partial charge on any atom is -0.459 e. The summed E-state index contributed by atoms with van der Waals surface area (Å²) in [7, 11) is 0. The lowest BCUT2D eigenvalue weighted by Gasteiger charge is -2.10. The fourth-order valence-corrected chi connectivity index (χ4v) is 2.14. The summed E-state index contributed by atoms with van der Waals surface area (Å²) in [6, 6.07) is -0.472. The zero-order valence-corrected chi connectivity index (χ0v) is 10.9. The van der Waals surface area contributed by atoms with E-state index in [1.807, 2.05) is 0 Å². The molecule has 1 saturated heterocycles. The van der Waals surface area contributed by atoms with Gasteiger partial charge < -0.3 is 14.8 Å². The molecule has 1 N–H and O–H groups in total. The molecule has 1 unspecified atom stereocenters. The van der Waals surface area contributed by atoms with Crippen LogP contribution in [0, 0.1) is 0 Å². The third-order valence-corrected chi connectivity index (χ3v) is 3.13. The quantitative estimate of drug-likeness (QED) is 0.454. The van der Waals surface area contributed by atoms with Crippen molar-refractivity contribution in [3.63, 3.8) is 0 Å². The van der Waals surface area contributed by atoms with Crippen molar-refractivity contribution in [3.05, 3.63) is 12.2 Å². The second kappa shape index (κ2) is 7.05. The molecule has 0 radical (unpaired) electrons. The average molecular weight is 273 g/mol. The first-order chi connectivity index (χ1) is 8.50. The summed E-state index contributed by atoms with van der Waals surface area (Å²) in [4.78, 5) is 33.5. The fraction of sp³-hybridized carbons (Fsp3) is 0.545. The fourth-order valence-electron chi connectivity index (χ4n) is 1.20. The third kappa shape index (κ3) is 4.79. The smallest absolute Gasteiger partial charge is 0.407 e. The number of esters is 1. The van der Waals surface area contributed by atoms with Crippen LogP contribution < -0.4 is 5.32 Å². The van der Waals surface area contributed by atoms with Gasteiger partial charge in [-0.3, -0.25) is 4.79 Å². The summed E-state index contributed by atoms with van der Waals surface area (Å²) >= 11 is 1.19. The van der Waals surface area contributed by atoms with Crippen molar-refractivity contribution in [2.24, 2.45) is 0 Å². The van der Waals surface area contributed by atoms with E-state index in [0.717, 1.165) is 0 Å². The number of hydrogen-bond donors (Lipinski definition) is 1. The molecule has 1 amide bonds. The Kier molecular flexibility index (Phi) is 5.70. The molecular formula is C11H15NO5S. The lowest BCUT2D eigenvalue weighted by atomic mass is 10.3. The van der Waals surface area contributed by atoms with Gasteiger partial charge in [-0.2, -0.15) is 0 Å². The van der Waals surface area contributed by atoms with E-state index in [1.165, 1.54) is 18.7 Å². The Bertz CT molecular complexity index is 368. The third-order valence-electron chi connectivity index (χ3n) is 2.13. The average Bonchev–Trinajstić information content (AvgIpc) is 2.70. The Hall–Kier alpha value is -1.50. The van der Waals surface area contributed by atoms with Crippen LogP contribution in [0.2, 0.25) is 0 Å². The molecule has 1 atom stereocenters. The number of ether oxygens (including phenoxy) is 2. The van der Waals surface area contributed by atoms with Crippen molar-refractivity contribution >= 4 is 28.9 Å². The molecular weight excluding hydrogens is 258 g/mol. The lowest BCUT2D eigenvalue weighted by molar-refractivity contribution is -0.139. The van der Waals surface area contributed by atoms with E-state index in [2.05, 4.69) is 11.9 Å². The molecule has 1 aliphatic heterocycles. The molecule has 6 nitrogen and oxygen atoms in total. The molecule has 100 valence electrons. The van der Waals surface area contributed by atoms with Gasteiger partial charge in [0.05, 0.1) is 0 Å². The van der Waals surface area contributed by atoms with Crippen molar-refractivity contribution < 1.29 is 23.9 Å². The van der Waals surface area contributed by atoms with Gasteiger partial charge in [0.25, 0.3) is 0 Å². The van der Waals surface area contributed by atoms with Gasteiger partial charge in [-0.05, 0) is 13.3 Å². The van der Waals surface area contributed by atoms with Gasteiger partial charge in [0.1, 0.15) is 19.3 Å². The number of carbonyl (C=O) groups is 3. The van der Waals surface area contributed by atoms with Gasteiger partial charge in [0, 0.05) is 11.3 Å².